The number of hydrogen-bond donors (Lipinski definition) is 0. The molecule has 0 saturated carbocycles. The highest BCUT2D eigenvalue weighted by atomic mass is 16.5. The topological polar surface area (TPSA) is 39.4 Å². The molecule has 2 rings (SSSR count). The Bertz CT molecular complexity index is 433. The third-order valence-electron chi connectivity index (χ3n) is 3.34. The SMILES string of the molecule is [C-]#[N+]CCc1ccc(C2CCOC(C)(C)C2)nn1. The predicted octanol–water partition coefficient (Wildman–Crippen LogP) is 2.61. The van der Waals surface area contributed by atoms with Gasteiger partial charge in [0.15, 0.2) is 0 Å². The summed E-state index contributed by atoms with van der Waals surface area (Å²) in [5.74, 6) is 0.441. The Kier molecular flexibility index (Phi) is 3.93. The second-order valence-corrected chi connectivity index (χ2v) is 5.38. The Labute approximate surface area is 108 Å². The zero-order chi connectivity index (χ0) is 13.0. The minimum absolute atomic E-state index is 0.0621. The van der Waals surface area contributed by atoms with Gasteiger partial charge in [0, 0.05) is 12.5 Å². The molecule has 0 aliphatic carbocycles. The van der Waals surface area contributed by atoms with Gasteiger partial charge in [0.2, 0.25) is 6.54 Å². The molecule has 1 aromatic rings. The van der Waals surface area contributed by atoms with Gasteiger partial charge in [-0.25, -0.2) is 6.57 Å². The quantitative estimate of drug-likeness (QED) is 0.768. The molecule has 96 valence electrons. The molecule has 1 aliphatic rings. The number of rotatable bonds is 3. The molecule has 18 heavy (non-hydrogen) atoms. The fraction of sp³-hybridized carbons (Fsp3) is 0.643. The zero-order valence-electron chi connectivity index (χ0n) is 11.0. The lowest BCUT2D eigenvalue weighted by Crippen LogP contribution is -2.33. The van der Waals surface area contributed by atoms with Crippen LogP contribution in [0.5, 0.6) is 0 Å². The highest BCUT2D eigenvalue weighted by Crippen LogP contribution is 2.34. The van der Waals surface area contributed by atoms with E-state index in [1.807, 2.05) is 6.07 Å². The fourth-order valence-corrected chi connectivity index (χ4v) is 2.38. The van der Waals surface area contributed by atoms with Crippen molar-refractivity contribution in [3.8, 4) is 0 Å². The Morgan fingerprint density at radius 2 is 2.28 bits per heavy atom. The van der Waals surface area contributed by atoms with Gasteiger partial charge in [-0.1, -0.05) is 0 Å². The highest BCUT2D eigenvalue weighted by molar-refractivity contribution is 5.13. The highest BCUT2D eigenvalue weighted by Gasteiger charge is 2.30. The van der Waals surface area contributed by atoms with E-state index in [4.69, 9.17) is 11.3 Å². The Morgan fingerprint density at radius 3 is 2.89 bits per heavy atom. The van der Waals surface area contributed by atoms with Crippen molar-refractivity contribution in [2.75, 3.05) is 13.2 Å². The van der Waals surface area contributed by atoms with Crippen molar-refractivity contribution in [3.05, 3.63) is 34.9 Å². The largest absolute Gasteiger partial charge is 0.376 e. The first kappa shape index (κ1) is 13.0. The van der Waals surface area contributed by atoms with Crippen molar-refractivity contribution in [3.63, 3.8) is 0 Å². The summed E-state index contributed by atoms with van der Waals surface area (Å²) < 4.78 is 5.71. The van der Waals surface area contributed by atoms with E-state index in [1.54, 1.807) is 0 Å². The summed E-state index contributed by atoms with van der Waals surface area (Å²) in [5.41, 5.74) is 1.90. The van der Waals surface area contributed by atoms with Crippen molar-refractivity contribution in [2.45, 2.75) is 44.6 Å². The average Bonchev–Trinajstić information content (AvgIpc) is 2.36. The van der Waals surface area contributed by atoms with Crippen LogP contribution in [0.3, 0.4) is 0 Å². The van der Waals surface area contributed by atoms with Gasteiger partial charge in [0.25, 0.3) is 0 Å². The lowest BCUT2D eigenvalue weighted by atomic mass is 9.86. The zero-order valence-corrected chi connectivity index (χ0v) is 11.0. The summed E-state index contributed by atoms with van der Waals surface area (Å²) in [6, 6.07) is 4.05. The van der Waals surface area contributed by atoms with Crippen LogP contribution in [0.2, 0.25) is 0 Å². The minimum atomic E-state index is -0.0621. The minimum Gasteiger partial charge on any atom is -0.376 e. The van der Waals surface area contributed by atoms with E-state index in [1.165, 1.54) is 0 Å². The number of nitrogens with zero attached hydrogens (tertiary/aromatic N) is 3. The van der Waals surface area contributed by atoms with Crippen LogP contribution in [-0.4, -0.2) is 29.0 Å². The molecule has 1 fully saturated rings. The molecule has 0 N–H and O–H groups in total. The first-order valence-corrected chi connectivity index (χ1v) is 6.40. The van der Waals surface area contributed by atoms with Crippen molar-refractivity contribution in [1.29, 1.82) is 0 Å². The number of aromatic nitrogens is 2. The van der Waals surface area contributed by atoms with E-state index in [0.29, 0.717) is 18.9 Å². The average molecular weight is 245 g/mol. The van der Waals surface area contributed by atoms with Crippen LogP contribution in [0.25, 0.3) is 4.85 Å². The molecular weight excluding hydrogens is 226 g/mol. The molecule has 4 heteroatoms. The van der Waals surface area contributed by atoms with Crippen molar-refractivity contribution >= 4 is 0 Å². The first-order chi connectivity index (χ1) is 8.61. The normalized spacial score (nSPS) is 22.4. The van der Waals surface area contributed by atoms with Crippen LogP contribution in [0.15, 0.2) is 12.1 Å². The Balaban J connectivity index is 2.03. The van der Waals surface area contributed by atoms with Crippen LogP contribution in [0.4, 0.5) is 0 Å². The monoisotopic (exact) mass is 245 g/mol. The molecule has 1 saturated heterocycles. The van der Waals surface area contributed by atoms with Gasteiger partial charge in [-0.05, 0) is 38.8 Å². The first-order valence-electron chi connectivity index (χ1n) is 6.40. The predicted molar refractivity (Wildman–Crippen MR) is 69.2 cm³/mol. The third-order valence-corrected chi connectivity index (χ3v) is 3.34. The second kappa shape index (κ2) is 5.45. The van der Waals surface area contributed by atoms with Crippen molar-refractivity contribution in [2.24, 2.45) is 0 Å². The maximum absolute atomic E-state index is 6.76. The van der Waals surface area contributed by atoms with E-state index < -0.39 is 0 Å². The van der Waals surface area contributed by atoms with E-state index in [2.05, 4.69) is 35.0 Å². The van der Waals surface area contributed by atoms with E-state index in [0.717, 1.165) is 30.8 Å². The van der Waals surface area contributed by atoms with E-state index >= 15 is 0 Å². The van der Waals surface area contributed by atoms with Gasteiger partial charge in [-0.15, -0.1) is 0 Å². The second-order valence-electron chi connectivity index (χ2n) is 5.38. The molecular formula is C14H19N3O. The van der Waals surface area contributed by atoms with Gasteiger partial charge in [-0.3, -0.25) is 0 Å². The van der Waals surface area contributed by atoms with Crippen molar-refractivity contribution in [1.82, 2.24) is 10.2 Å². The standard InChI is InChI=1S/C14H19N3O/c1-14(2)10-11(7-9-18-14)13-5-4-12(16-17-13)6-8-15-3/h4-5,11H,6-10H2,1-2H3. The van der Waals surface area contributed by atoms with Crippen molar-refractivity contribution < 1.29 is 4.74 Å². The fourth-order valence-electron chi connectivity index (χ4n) is 2.38. The van der Waals surface area contributed by atoms with Crippen LogP contribution in [-0.2, 0) is 11.2 Å². The maximum Gasteiger partial charge on any atom is 0.220 e. The maximum atomic E-state index is 6.76. The summed E-state index contributed by atoms with van der Waals surface area (Å²) in [7, 11) is 0. The molecule has 1 aromatic heterocycles. The molecule has 0 spiro atoms. The summed E-state index contributed by atoms with van der Waals surface area (Å²) in [6.07, 6.45) is 2.69. The van der Waals surface area contributed by atoms with Gasteiger partial charge in [-0.2, -0.15) is 10.2 Å². The third kappa shape index (κ3) is 3.27. The molecule has 0 bridgehead atoms. The van der Waals surface area contributed by atoms with Crippen LogP contribution in [0.1, 0.15) is 44.0 Å². The number of ether oxygens (including phenoxy) is 1. The van der Waals surface area contributed by atoms with Gasteiger partial charge in [0.05, 0.1) is 23.4 Å². The van der Waals surface area contributed by atoms with Crippen LogP contribution < -0.4 is 0 Å². The van der Waals surface area contributed by atoms with E-state index in [-0.39, 0.29) is 5.60 Å². The molecule has 4 nitrogen and oxygen atoms in total. The summed E-state index contributed by atoms with van der Waals surface area (Å²) >= 11 is 0. The molecule has 1 atom stereocenters. The lowest BCUT2D eigenvalue weighted by molar-refractivity contribution is -0.0598. The molecule has 1 aliphatic heterocycles. The van der Waals surface area contributed by atoms with Gasteiger partial charge < -0.3 is 9.58 Å². The Morgan fingerprint density at radius 1 is 1.44 bits per heavy atom. The smallest absolute Gasteiger partial charge is 0.220 e. The van der Waals surface area contributed by atoms with Crippen LogP contribution >= 0.6 is 0 Å². The van der Waals surface area contributed by atoms with Crippen LogP contribution in [0, 0.1) is 6.57 Å². The lowest BCUT2D eigenvalue weighted by Gasteiger charge is -2.35. The van der Waals surface area contributed by atoms with Gasteiger partial charge >= 0.3 is 0 Å². The molecule has 0 radical (unpaired) electrons. The molecule has 0 amide bonds. The van der Waals surface area contributed by atoms with Gasteiger partial charge in [0.1, 0.15) is 0 Å². The summed E-state index contributed by atoms with van der Waals surface area (Å²) in [6.45, 7) is 12.3. The molecule has 1 unspecified atom stereocenters. The van der Waals surface area contributed by atoms with E-state index in [9.17, 15) is 0 Å². The summed E-state index contributed by atoms with van der Waals surface area (Å²) in [5, 5.41) is 8.52. The Hall–Kier alpha value is -1.47. The summed E-state index contributed by atoms with van der Waals surface area (Å²) in [4.78, 5) is 3.33. The number of hydrogen-bond acceptors (Lipinski definition) is 3. The molecule has 2 heterocycles. The molecule has 0 aromatic carbocycles.